The summed E-state index contributed by atoms with van der Waals surface area (Å²) in [5.74, 6) is -3.16. The number of amides is 1. The largest absolute Gasteiger partial charge is 0.481 e. The highest BCUT2D eigenvalue weighted by molar-refractivity contribution is 6.48. The fraction of sp³-hybridized carbons (Fsp3) is 0.250. The lowest BCUT2D eigenvalue weighted by Gasteiger charge is -2.31. The second-order valence-electron chi connectivity index (χ2n) is 6.92. The van der Waals surface area contributed by atoms with Crippen LogP contribution < -0.4 is 5.32 Å². The van der Waals surface area contributed by atoms with E-state index in [-0.39, 0.29) is 26.2 Å². The zero-order valence-electron chi connectivity index (χ0n) is 16.4. The zero-order valence-corrected chi connectivity index (χ0v) is 18.6. The Balaban J connectivity index is 2.35. The average molecular weight is 530 g/mol. The Hall–Kier alpha value is -2.40. The number of halogens is 7. The van der Waals surface area contributed by atoms with Gasteiger partial charge in [0.1, 0.15) is 12.2 Å². The molecule has 13 heteroatoms. The summed E-state index contributed by atoms with van der Waals surface area (Å²) in [5.41, 5.74) is -5.42. The molecule has 2 rings (SSSR count). The predicted molar refractivity (Wildman–Crippen MR) is 113 cm³/mol. The smallest absolute Gasteiger partial charge is 0.421 e. The number of benzene rings is 2. The molecule has 0 aliphatic rings. The van der Waals surface area contributed by atoms with Gasteiger partial charge in [0.25, 0.3) is 0 Å². The van der Waals surface area contributed by atoms with Gasteiger partial charge in [-0.2, -0.15) is 13.2 Å². The molecule has 4 N–H and O–H groups in total. The van der Waals surface area contributed by atoms with E-state index in [0.717, 1.165) is 30.3 Å². The lowest BCUT2D eigenvalue weighted by Crippen LogP contribution is -2.44. The second-order valence-corrected chi connectivity index (χ2v) is 8.11. The minimum atomic E-state index is -5.26. The number of alkyl halides is 3. The molecule has 0 spiro atoms. The van der Waals surface area contributed by atoms with Gasteiger partial charge in [-0.15, -0.1) is 0 Å². The van der Waals surface area contributed by atoms with Crippen LogP contribution in [0.3, 0.4) is 0 Å². The minimum absolute atomic E-state index is 0.173. The number of carboxylic acids is 1. The van der Waals surface area contributed by atoms with Crippen LogP contribution in [0.15, 0.2) is 30.3 Å². The van der Waals surface area contributed by atoms with E-state index >= 15 is 0 Å². The van der Waals surface area contributed by atoms with E-state index in [1.54, 1.807) is 0 Å². The van der Waals surface area contributed by atoms with E-state index < -0.39 is 60.1 Å². The first-order chi connectivity index (χ1) is 15.2. The second kappa shape index (κ2) is 10.3. The summed E-state index contributed by atoms with van der Waals surface area (Å²) in [4.78, 5) is 22.0. The van der Waals surface area contributed by atoms with Gasteiger partial charge < -0.3 is 20.9 Å². The van der Waals surface area contributed by atoms with E-state index in [4.69, 9.17) is 45.3 Å². The number of hydrogen-bond donors (Lipinski definition) is 4. The highest BCUT2D eigenvalue weighted by atomic mass is 35.5. The van der Waals surface area contributed by atoms with Crippen LogP contribution in [0.5, 0.6) is 0 Å². The van der Waals surface area contributed by atoms with Crippen LogP contribution >= 0.6 is 34.8 Å². The van der Waals surface area contributed by atoms with E-state index in [1.165, 1.54) is 0 Å². The van der Waals surface area contributed by atoms with Crippen LogP contribution in [0, 0.1) is 11.2 Å². The van der Waals surface area contributed by atoms with Crippen molar-refractivity contribution in [2.75, 3.05) is 0 Å². The summed E-state index contributed by atoms with van der Waals surface area (Å²) < 4.78 is 55.7. The van der Waals surface area contributed by atoms with Crippen molar-refractivity contribution in [3.63, 3.8) is 0 Å². The van der Waals surface area contributed by atoms with Gasteiger partial charge in [-0.3, -0.25) is 9.59 Å². The fourth-order valence-electron chi connectivity index (χ4n) is 2.81. The predicted octanol–water partition coefficient (Wildman–Crippen LogP) is 5.08. The average Bonchev–Trinajstić information content (AvgIpc) is 2.69. The molecule has 0 fully saturated rings. The van der Waals surface area contributed by atoms with Crippen molar-refractivity contribution < 1.29 is 37.4 Å². The van der Waals surface area contributed by atoms with Crippen LogP contribution in [-0.4, -0.2) is 34.0 Å². The first kappa shape index (κ1) is 26.8. The molecule has 2 aromatic rings. The van der Waals surface area contributed by atoms with Gasteiger partial charge in [-0.1, -0.05) is 40.9 Å². The molecule has 0 saturated heterocycles. The minimum Gasteiger partial charge on any atom is -0.481 e. The molecule has 2 aromatic carbocycles. The number of nitrogens with one attached hydrogen (secondary N) is 2. The van der Waals surface area contributed by atoms with E-state index in [9.17, 15) is 32.3 Å². The summed E-state index contributed by atoms with van der Waals surface area (Å²) in [6, 6.07) is 4.47. The summed E-state index contributed by atoms with van der Waals surface area (Å²) >= 11 is 17.4. The Labute approximate surface area is 199 Å². The third-order valence-electron chi connectivity index (χ3n) is 4.54. The molecule has 178 valence electrons. The maximum Gasteiger partial charge on any atom is 0.421 e. The van der Waals surface area contributed by atoms with Crippen molar-refractivity contribution in [2.45, 2.75) is 31.2 Å². The lowest BCUT2D eigenvalue weighted by molar-refractivity contribution is -0.263. The Bertz CT molecular complexity index is 1090. The first-order valence-corrected chi connectivity index (χ1v) is 10.1. The van der Waals surface area contributed by atoms with Gasteiger partial charge in [-0.05, 0) is 35.4 Å². The maximum absolute atomic E-state index is 14.1. The number of aliphatic hydroxyl groups is 1. The zero-order chi connectivity index (χ0) is 25.1. The molecule has 33 heavy (non-hydrogen) atoms. The van der Waals surface area contributed by atoms with Crippen molar-refractivity contribution in [3.05, 3.63) is 67.9 Å². The summed E-state index contributed by atoms with van der Waals surface area (Å²) in [6.45, 7) is -0.467. The summed E-state index contributed by atoms with van der Waals surface area (Å²) in [5, 5.41) is 28.5. The SMILES string of the molecule is N=C(CC(O)(c1cc(Cl)c(Cl)c(Cl)c1)C(F)(F)F)c1ccc(F)c(CNC(=O)CC(=O)O)c1. The number of aliphatic carboxylic acids is 1. The van der Waals surface area contributed by atoms with Crippen molar-refractivity contribution in [3.8, 4) is 0 Å². The Morgan fingerprint density at radius 2 is 1.64 bits per heavy atom. The number of carboxylic acid groups (broad SMARTS) is 1. The molecule has 1 amide bonds. The molecule has 6 nitrogen and oxygen atoms in total. The van der Waals surface area contributed by atoms with Gasteiger partial charge in [0.05, 0.1) is 15.1 Å². The topological polar surface area (TPSA) is 110 Å². The van der Waals surface area contributed by atoms with Gasteiger partial charge in [0, 0.05) is 24.2 Å². The third-order valence-corrected chi connectivity index (χ3v) is 5.74. The molecule has 0 aromatic heterocycles. The Morgan fingerprint density at radius 1 is 1.06 bits per heavy atom. The molecule has 0 heterocycles. The molecule has 0 radical (unpaired) electrons. The van der Waals surface area contributed by atoms with Crippen LogP contribution in [-0.2, 0) is 21.7 Å². The van der Waals surface area contributed by atoms with Gasteiger partial charge in [0.15, 0.2) is 5.60 Å². The standard InChI is InChI=1S/C20H15Cl3F4N2O4/c21-12-4-11(5-13(22)18(12)23)19(33,20(25,26)27)7-15(28)9-1-2-14(24)10(3-9)8-29-16(30)6-17(31)32/h1-5,28,33H,6-8H2,(H,29,30)(H,31,32). The van der Waals surface area contributed by atoms with E-state index in [1.807, 2.05) is 0 Å². The van der Waals surface area contributed by atoms with Crippen molar-refractivity contribution in [1.29, 1.82) is 5.41 Å². The highest BCUT2D eigenvalue weighted by Crippen LogP contribution is 2.45. The number of rotatable bonds is 8. The molecule has 0 aliphatic heterocycles. The van der Waals surface area contributed by atoms with Crippen LogP contribution in [0.4, 0.5) is 17.6 Å². The number of carbonyl (C=O) groups is 2. The van der Waals surface area contributed by atoms with Crippen molar-refractivity contribution in [2.24, 2.45) is 0 Å². The highest BCUT2D eigenvalue weighted by Gasteiger charge is 2.55. The molecular weight excluding hydrogens is 515 g/mol. The van der Waals surface area contributed by atoms with E-state index in [0.29, 0.717) is 0 Å². The van der Waals surface area contributed by atoms with Gasteiger partial charge in [-0.25, -0.2) is 4.39 Å². The van der Waals surface area contributed by atoms with E-state index in [2.05, 4.69) is 5.32 Å². The third kappa shape index (κ3) is 6.35. The quantitative estimate of drug-likeness (QED) is 0.165. The van der Waals surface area contributed by atoms with Crippen LogP contribution in [0.2, 0.25) is 15.1 Å². The molecule has 1 atom stereocenters. The fourth-order valence-corrected chi connectivity index (χ4v) is 3.41. The first-order valence-electron chi connectivity index (χ1n) is 8.94. The lowest BCUT2D eigenvalue weighted by atomic mass is 9.85. The van der Waals surface area contributed by atoms with Gasteiger partial charge >= 0.3 is 12.1 Å². The molecule has 0 aliphatic carbocycles. The molecular formula is C20H15Cl3F4N2O4. The Morgan fingerprint density at radius 3 is 2.15 bits per heavy atom. The summed E-state index contributed by atoms with van der Waals surface area (Å²) in [7, 11) is 0. The molecule has 0 saturated carbocycles. The number of carbonyl (C=O) groups excluding carboxylic acids is 1. The Kier molecular flexibility index (Phi) is 8.34. The number of hydrogen-bond acceptors (Lipinski definition) is 4. The molecule has 1 unspecified atom stereocenters. The monoisotopic (exact) mass is 528 g/mol. The van der Waals surface area contributed by atoms with Crippen molar-refractivity contribution in [1.82, 2.24) is 5.32 Å². The van der Waals surface area contributed by atoms with Crippen LogP contribution in [0.1, 0.15) is 29.5 Å². The summed E-state index contributed by atoms with van der Waals surface area (Å²) in [6.07, 6.45) is -7.39. The molecule has 0 bridgehead atoms. The van der Waals surface area contributed by atoms with Gasteiger partial charge in [0.2, 0.25) is 5.91 Å². The van der Waals surface area contributed by atoms with Crippen molar-refractivity contribution >= 4 is 52.4 Å². The normalized spacial score (nSPS) is 13.3. The maximum atomic E-state index is 14.1. The van der Waals surface area contributed by atoms with Crippen LogP contribution in [0.25, 0.3) is 0 Å².